The first kappa shape index (κ1) is 17.0. The van der Waals surface area contributed by atoms with E-state index in [0.717, 1.165) is 44.0 Å². The molecule has 0 radical (unpaired) electrons. The van der Waals surface area contributed by atoms with Gasteiger partial charge in [-0.1, -0.05) is 12.1 Å². The number of rotatable bonds is 4. The number of piperidine rings is 1. The van der Waals surface area contributed by atoms with Crippen LogP contribution in [0.25, 0.3) is 0 Å². The predicted molar refractivity (Wildman–Crippen MR) is 102 cm³/mol. The number of hydrogen-bond donors (Lipinski definition) is 2. The fourth-order valence-electron chi connectivity index (χ4n) is 3.92. The second kappa shape index (κ2) is 7.83. The Morgan fingerprint density at radius 1 is 1.08 bits per heavy atom. The summed E-state index contributed by atoms with van der Waals surface area (Å²) in [6.07, 6.45) is 6.68. The third-order valence-corrected chi connectivity index (χ3v) is 5.48. The first-order valence-corrected chi connectivity index (χ1v) is 9.43. The predicted octanol–water partition coefficient (Wildman–Crippen LogP) is 2.41. The minimum Gasteiger partial charge on any atom is -0.369 e. The Labute approximate surface area is 154 Å². The van der Waals surface area contributed by atoms with Crippen molar-refractivity contribution in [3.05, 3.63) is 48.3 Å². The molecule has 1 aromatic heterocycles. The number of nitrogens with one attached hydrogen (secondary N) is 2. The van der Waals surface area contributed by atoms with E-state index in [0.29, 0.717) is 5.92 Å². The van der Waals surface area contributed by atoms with Crippen molar-refractivity contribution < 1.29 is 4.79 Å². The van der Waals surface area contributed by atoms with E-state index >= 15 is 0 Å². The van der Waals surface area contributed by atoms with E-state index in [1.807, 2.05) is 18.2 Å². The molecule has 2 aromatic rings. The molecule has 0 saturated carbocycles. The van der Waals surface area contributed by atoms with Gasteiger partial charge in [0.2, 0.25) is 5.91 Å². The molecular formula is C20H25N5O. The number of aromatic nitrogens is 2. The minimum absolute atomic E-state index is 0.00672. The Balaban J connectivity index is 1.33. The zero-order valence-corrected chi connectivity index (χ0v) is 14.9. The summed E-state index contributed by atoms with van der Waals surface area (Å²) in [6.45, 7) is 3.78. The zero-order chi connectivity index (χ0) is 17.8. The standard InChI is InChI=1S/C20H25N5O/c26-20(17-8-12-25(14-17)19-7-11-22-23-13-19)24-18-3-1-15(2-4-18)16-5-9-21-10-6-16/h1-4,7,11,13,16-17,21H,5-6,8-10,12,14H2,(H,24,26)/t17-/m0/s1. The molecule has 0 spiro atoms. The van der Waals surface area contributed by atoms with Crippen LogP contribution in [0.5, 0.6) is 0 Å². The average molecular weight is 351 g/mol. The van der Waals surface area contributed by atoms with Crippen LogP contribution in [0, 0.1) is 5.92 Å². The van der Waals surface area contributed by atoms with Crippen LogP contribution >= 0.6 is 0 Å². The van der Waals surface area contributed by atoms with Crippen LogP contribution in [-0.2, 0) is 4.79 Å². The molecular weight excluding hydrogens is 326 g/mol. The molecule has 3 heterocycles. The van der Waals surface area contributed by atoms with Crippen molar-refractivity contribution in [3.63, 3.8) is 0 Å². The van der Waals surface area contributed by atoms with Gasteiger partial charge in [-0.05, 0) is 62.0 Å². The molecule has 2 fully saturated rings. The van der Waals surface area contributed by atoms with Crippen molar-refractivity contribution in [2.75, 3.05) is 36.4 Å². The highest BCUT2D eigenvalue weighted by Crippen LogP contribution is 2.27. The van der Waals surface area contributed by atoms with E-state index in [9.17, 15) is 4.79 Å². The molecule has 2 aliphatic rings. The van der Waals surface area contributed by atoms with Crippen molar-refractivity contribution in [2.24, 2.45) is 5.92 Å². The summed E-state index contributed by atoms with van der Waals surface area (Å²) in [5, 5.41) is 14.2. The molecule has 6 heteroatoms. The normalized spacial score (nSPS) is 20.9. The topological polar surface area (TPSA) is 70.2 Å². The van der Waals surface area contributed by atoms with Gasteiger partial charge < -0.3 is 15.5 Å². The Morgan fingerprint density at radius 2 is 1.88 bits per heavy atom. The van der Waals surface area contributed by atoms with E-state index in [1.54, 1.807) is 12.4 Å². The van der Waals surface area contributed by atoms with E-state index in [-0.39, 0.29) is 11.8 Å². The minimum atomic E-state index is 0.00672. The Bertz CT molecular complexity index is 728. The SMILES string of the molecule is O=C(Nc1ccc(C2CCNCC2)cc1)[C@H]1CCN(c2ccnnc2)C1. The molecule has 2 aliphatic heterocycles. The fourth-order valence-corrected chi connectivity index (χ4v) is 3.92. The summed E-state index contributed by atoms with van der Waals surface area (Å²) in [4.78, 5) is 14.8. The van der Waals surface area contributed by atoms with Gasteiger partial charge >= 0.3 is 0 Å². The molecule has 2 saturated heterocycles. The van der Waals surface area contributed by atoms with Crippen molar-refractivity contribution >= 4 is 17.3 Å². The highest BCUT2D eigenvalue weighted by molar-refractivity contribution is 5.93. The third-order valence-electron chi connectivity index (χ3n) is 5.48. The molecule has 136 valence electrons. The number of carbonyl (C=O) groups excluding carboxylic acids is 1. The first-order chi connectivity index (χ1) is 12.8. The summed E-state index contributed by atoms with van der Waals surface area (Å²) in [5.41, 5.74) is 3.29. The third kappa shape index (κ3) is 3.85. The maximum atomic E-state index is 12.6. The monoisotopic (exact) mass is 351 g/mol. The molecule has 1 aromatic carbocycles. The van der Waals surface area contributed by atoms with E-state index in [4.69, 9.17) is 0 Å². The highest BCUT2D eigenvalue weighted by atomic mass is 16.1. The van der Waals surface area contributed by atoms with Crippen LogP contribution in [0.2, 0.25) is 0 Å². The molecule has 1 atom stereocenters. The zero-order valence-electron chi connectivity index (χ0n) is 14.9. The van der Waals surface area contributed by atoms with Gasteiger partial charge in [0.15, 0.2) is 0 Å². The van der Waals surface area contributed by atoms with Crippen LogP contribution in [0.15, 0.2) is 42.7 Å². The molecule has 0 bridgehead atoms. The number of anilines is 2. The number of nitrogens with zero attached hydrogens (tertiary/aromatic N) is 3. The quantitative estimate of drug-likeness (QED) is 0.885. The van der Waals surface area contributed by atoms with Gasteiger partial charge in [-0.2, -0.15) is 10.2 Å². The Morgan fingerprint density at radius 3 is 2.62 bits per heavy atom. The van der Waals surface area contributed by atoms with Gasteiger partial charge in [0.25, 0.3) is 0 Å². The van der Waals surface area contributed by atoms with Crippen LogP contribution < -0.4 is 15.5 Å². The lowest BCUT2D eigenvalue weighted by atomic mass is 9.90. The molecule has 0 unspecified atom stereocenters. The van der Waals surface area contributed by atoms with Crippen molar-refractivity contribution in [3.8, 4) is 0 Å². The van der Waals surface area contributed by atoms with Crippen molar-refractivity contribution in [2.45, 2.75) is 25.2 Å². The fraction of sp³-hybridized carbons (Fsp3) is 0.450. The van der Waals surface area contributed by atoms with E-state index < -0.39 is 0 Å². The van der Waals surface area contributed by atoms with Crippen molar-refractivity contribution in [1.82, 2.24) is 15.5 Å². The Kier molecular flexibility index (Phi) is 5.11. The second-order valence-electron chi connectivity index (χ2n) is 7.17. The lowest BCUT2D eigenvalue weighted by Crippen LogP contribution is -2.27. The van der Waals surface area contributed by atoms with Crippen LogP contribution in [0.1, 0.15) is 30.7 Å². The smallest absolute Gasteiger partial charge is 0.229 e. The average Bonchev–Trinajstić information content (AvgIpc) is 3.20. The molecule has 6 nitrogen and oxygen atoms in total. The molecule has 4 rings (SSSR count). The lowest BCUT2D eigenvalue weighted by Gasteiger charge is -2.23. The summed E-state index contributed by atoms with van der Waals surface area (Å²) in [6, 6.07) is 10.3. The Hall–Kier alpha value is -2.47. The molecule has 26 heavy (non-hydrogen) atoms. The van der Waals surface area contributed by atoms with Gasteiger partial charge in [-0.25, -0.2) is 0 Å². The van der Waals surface area contributed by atoms with Crippen LogP contribution in [0.3, 0.4) is 0 Å². The van der Waals surface area contributed by atoms with Crippen LogP contribution in [-0.4, -0.2) is 42.3 Å². The highest BCUT2D eigenvalue weighted by Gasteiger charge is 2.28. The largest absolute Gasteiger partial charge is 0.369 e. The number of hydrogen-bond acceptors (Lipinski definition) is 5. The van der Waals surface area contributed by atoms with Crippen molar-refractivity contribution in [1.29, 1.82) is 0 Å². The van der Waals surface area contributed by atoms with Gasteiger partial charge in [-0.3, -0.25) is 4.79 Å². The molecule has 2 N–H and O–H groups in total. The summed E-state index contributed by atoms with van der Waals surface area (Å²) in [7, 11) is 0. The summed E-state index contributed by atoms with van der Waals surface area (Å²) >= 11 is 0. The molecule has 0 aliphatic carbocycles. The maximum absolute atomic E-state index is 12.6. The van der Waals surface area contributed by atoms with Crippen LogP contribution in [0.4, 0.5) is 11.4 Å². The first-order valence-electron chi connectivity index (χ1n) is 9.43. The van der Waals surface area contributed by atoms with Gasteiger partial charge in [-0.15, -0.1) is 0 Å². The second-order valence-corrected chi connectivity index (χ2v) is 7.17. The maximum Gasteiger partial charge on any atom is 0.229 e. The summed E-state index contributed by atoms with van der Waals surface area (Å²) < 4.78 is 0. The summed E-state index contributed by atoms with van der Waals surface area (Å²) in [5.74, 6) is 0.745. The van der Waals surface area contributed by atoms with E-state index in [2.05, 4.69) is 37.9 Å². The lowest BCUT2D eigenvalue weighted by molar-refractivity contribution is -0.119. The van der Waals surface area contributed by atoms with Gasteiger partial charge in [0.1, 0.15) is 0 Å². The van der Waals surface area contributed by atoms with Gasteiger partial charge in [0, 0.05) is 18.8 Å². The number of carbonyl (C=O) groups is 1. The molecule has 1 amide bonds. The van der Waals surface area contributed by atoms with E-state index in [1.165, 1.54) is 18.4 Å². The number of amides is 1. The van der Waals surface area contributed by atoms with Gasteiger partial charge in [0.05, 0.1) is 24.0 Å². The number of benzene rings is 1.